The lowest BCUT2D eigenvalue weighted by Crippen LogP contribution is -2.11. The second-order valence-electron chi connectivity index (χ2n) is 6.41. The minimum Gasteiger partial charge on any atom is -0.466 e. The van der Waals surface area contributed by atoms with Gasteiger partial charge in [-0.1, -0.05) is 17.7 Å². The first-order chi connectivity index (χ1) is 13.9. The zero-order valence-electron chi connectivity index (χ0n) is 16.0. The molecule has 0 saturated carbocycles. The van der Waals surface area contributed by atoms with E-state index in [-0.39, 0.29) is 30.3 Å². The molecule has 0 radical (unpaired) electrons. The van der Waals surface area contributed by atoms with Crippen molar-refractivity contribution in [1.29, 1.82) is 0 Å². The molecule has 0 aliphatic heterocycles. The van der Waals surface area contributed by atoms with Crippen LogP contribution in [0.1, 0.15) is 34.8 Å². The number of benzene rings is 2. The molecule has 6 nitrogen and oxygen atoms in total. The number of fused-ring (bicyclic) bond motifs is 1. The van der Waals surface area contributed by atoms with Crippen molar-refractivity contribution in [3.8, 4) is 5.75 Å². The normalized spacial score (nSPS) is 10.7. The Morgan fingerprint density at radius 2 is 1.93 bits per heavy atom. The fourth-order valence-corrected chi connectivity index (χ4v) is 3.12. The number of halogens is 1. The van der Waals surface area contributed by atoms with Gasteiger partial charge in [-0.15, -0.1) is 0 Å². The second kappa shape index (κ2) is 8.92. The molecule has 1 aromatic heterocycles. The molecule has 0 unspecified atom stereocenters. The van der Waals surface area contributed by atoms with Crippen LogP contribution in [-0.4, -0.2) is 18.5 Å². The number of aryl methyl sites for hydroxylation is 2. The molecular formula is C22H19ClO6. The summed E-state index contributed by atoms with van der Waals surface area (Å²) in [5.41, 5.74) is 1.42. The van der Waals surface area contributed by atoms with E-state index < -0.39 is 11.6 Å². The number of hydrogen-bond acceptors (Lipinski definition) is 6. The van der Waals surface area contributed by atoms with Crippen LogP contribution in [0.4, 0.5) is 0 Å². The fourth-order valence-electron chi connectivity index (χ4n) is 2.93. The van der Waals surface area contributed by atoms with Gasteiger partial charge in [0.2, 0.25) is 0 Å². The zero-order chi connectivity index (χ0) is 21.0. The first-order valence-electron chi connectivity index (χ1n) is 9.08. The van der Waals surface area contributed by atoms with E-state index in [9.17, 15) is 14.4 Å². The van der Waals surface area contributed by atoms with E-state index in [4.69, 9.17) is 25.5 Å². The lowest BCUT2D eigenvalue weighted by Gasteiger charge is -2.12. The summed E-state index contributed by atoms with van der Waals surface area (Å²) in [7, 11) is 0. The topological polar surface area (TPSA) is 82.8 Å². The van der Waals surface area contributed by atoms with Gasteiger partial charge in [-0.2, -0.15) is 0 Å². The van der Waals surface area contributed by atoms with Crippen LogP contribution in [0.25, 0.3) is 11.0 Å². The number of ether oxygens (including phenoxy) is 2. The van der Waals surface area contributed by atoms with Crippen molar-refractivity contribution in [2.24, 2.45) is 0 Å². The minimum atomic E-state index is -0.612. The van der Waals surface area contributed by atoms with Gasteiger partial charge in [0.1, 0.15) is 11.3 Å². The maximum Gasteiger partial charge on any atom is 0.343 e. The monoisotopic (exact) mass is 414 g/mol. The first kappa shape index (κ1) is 20.6. The van der Waals surface area contributed by atoms with Crippen LogP contribution in [0, 0.1) is 6.92 Å². The lowest BCUT2D eigenvalue weighted by molar-refractivity contribution is -0.143. The molecule has 0 N–H and O–H groups in total. The van der Waals surface area contributed by atoms with Gasteiger partial charge in [0.25, 0.3) is 0 Å². The fraction of sp³-hybridized carbons (Fsp3) is 0.227. The summed E-state index contributed by atoms with van der Waals surface area (Å²) in [6.07, 6.45) is 0.419. The number of carbonyl (C=O) groups is 2. The van der Waals surface area contributed by atoms with Crippen molar-refractivity contribution in [3.63, 3.8) is 0 Å². The molecule has 0 saturated heterocycles. The van der Waals surface area contributed by atoms with Crippen molar-refractivity contribution in [2.75, 3.05) is 6.61 Å². The summed E-state index contributed by atoms with van der Waals surface area (Å²) in [6, 6.07) is 11.0. The van der Waals surface area contributed by atoms with Crippen LogP contribution in [-0.2, 0) is 16.0 Å². The molecule has 2 aromatic carbocycles. The van der Waals surface area contributed by atoms with Crippen LogP contribution in [0.2, 0.25) is 5.02 Å². The number of hydrogen-bond donors (Lipinski definition) is 0. The predicted molar refractivity (Wildman–Crippen MR) is 109 cm³/mol. The molecule has 0 fully saturated rings. The summed E-state index contributed by atoms with van der Waals surface area (Å²) in [4.78, 5) is 36.1. The summed E-state index contributed by atoms with van der Waals surface area (Å²) in [5, 5.41) is 1.10. The molecule has 29 heavy (non-hydrogen) atoms. The molecular weight excluding hydrogens is 396 g/mol. The molecule has 0 aliphatic carbocycles. The first-order valence-corrected chi connectivity index (χ1v) is 9.46. The van der Waals surface area contributed by atoms with E-state index in [1.54, 1.807) is 38.1 Å². The minimum absolute atomic E-state index is 0.122. The largest absolute Gasteiger partial charge is 0.466 e. The Labute approximate surface area is 172 Å². The second-order valence-corrected chi connectivity index (χ2v) is 6.85. The van der Waals surface area contributed by atoms with Crippen LogP contribution < -0.4 is 10.4 Å². The summed E-state index contributed by atoms with van der Waals surface area (Å²) < 4.78 is 15.8. The average Bonchev–Trinajstić information content (AvgIpc) is 2.66. The van der Waals surface area contributed by atoms with E-state index in [1.807, 2.05) is 0 Å². The van der Waals surface area contributed by atoms with Gasteiger partial charge in [-0.3, -0.25) is 4.79 Å². The van der Waals surface area contributed by atoms with Crippen LogP contribution in [0.15, 0.2) is 51.7 Å². The van der Waals surface area contributed by atoms with Gasteiger partial charge in [0, 0.05) is 29.0 Å². The van der Waals surface area contributed by atoms with E-state index in [0.717, 1.165) is 5.56 Å². The van der Waals surface area contributed by atoms with E-state index in [2.05, 4.69) is 0 Å². The van der Waals surface area contributed by atoms with Gasteiger partial charge < -0.3 is 13.9 Å². The molecule has 0 aliphatic rings. The quantitative estimate of drug-likeness (QED) is 0.336. The molecule has 3 aromatic rings. The molecule has 0 spiro atoms. The smallest absolute Gasteiger partial charge is 0.343 e. The van der Waals surface area contributed by atoms with Crippen molar-refractivity contribution in [2.45, 2.75) is 26.7 Å². The third kappa shape index (κ3) is 5.03. The van der Waals surface area contributed by atoms with Crippen molar-refractivity contribution in [1.82, 2.24) is 0 Å². The zero-order valence-corrected chi connectivity index (χ0v) is 16.7. The van der Waals surface area contributed by atoms with Crippen LogP contribution in [0.3, 0.4) is 0 Å². The van der Waals surface area contributed by atoms with Crippen molar-refractivity contribution >= 4 is 34.5 Å². The molecule has 3 rings (SSSR count). The SMILES string of the molecule is CCOC(=O)CCc1cc2c(C)cc(=O)oc2cc1OC(=O)c1cccc(Cl)c1. The molecule has 150 valence electrons. The van der Waals surface area contributed by atoms with Crippen molar-refractivity contribution < 1.29 is 23.5 Å². The van der Waals surface area contributed by atoms with Crippen molar-refractivity contribution in [3.05, 3.63) is 74.6 Å². The average molecular weight is 415 g/mol. The highest BCUT2D eigenvalue weighted by Crippen LogP contribution is 2.29. The van der Waals surface area contributed by atoms with E-state index in [0.29, 0.717) is 28.0 Å². The van der Waals surface area contributed by atoms with Crippen LogP contribution >= 0.6 is 11.6 Å². The molecule has 1 heterocycles. The molecule has 0 bridgehead atoms. The van der Waals surface area contributed by atoms with E-state index >= 15 is 0 Å². The molecule has 0 amide bonds. The maximum absolute atomic E-state index is 12.6. The number of rotatable bonds is 6. The number of carbonyl (C=O) groups excluding carboxylic acids is 2. The Kier molecular flexibility index (Phi) is 6.34. The van der Waals surface area contributed by atoms with Gasteiger partial charge >= 0.3 is 17.6 Å². The summed E-state index contributed by atoms with van der Waals surface area (Å²) >= 11 is 5.94. The Morgan fingerprint density at radius 3 is 2.66 bits per heavy atom. The highest BCUT2D eigenvalue weighted by molar-refractivity contribution is 6.30. The van der Waals surface area contributed by atoms with Gasteiger partial charge in [-0.25, -0.2) is 9.59 Å². The highest BCUT2D eigenvalue weighted by atomic mass is 35.5. The Hall–Kier alpha value is -3.12. The molecule has 7 heteroatoms. The third-order valence-corrected chi connectivity index (χ3v) is 4.53. The summed E-state index contributed by atoms with van der Waals surface area (Å²) in [6.45, 7) is 3.81. The van der Waals surface area contributed by atoms with Gasteiger partial charge in [0.15, 0.2) is 0 Å². The Balaban J connectivity index is 1.99. The Morgan fingerprint density at radius 1 is 1.14 bits per heavy atom. The standard InChI is InChI=1S/C22H19ClO6/c1-3-27-20(24)8-7-14-11-17-13(2)9-21(25)28-19(17)12-18(14)29-22(26)15-5-4-6-16(23)10-15/h4-6,9-12H,3,7-8H2,1-2H3. The maximum atomic E-state index is 12.6. The predicted octanol–water partition coefficient (Wildman–Crippen LogP) is 4.47. The van der Waals surface area contributed by atoms with Crippen LogP contribution in [0.5, 0.6) is 5.75 Å². The Bertz CT molecular complexity index is 1130. The summed E-state index contributed by atoms with van der Waals surface area (Å²) in [5.74, 6) is -0.754. The van der Waals surface area contributed by atoms with Gasteiger partial charge in [0.05, 0.1) is 12.2 Å². The van der Waals surface area contributed by atoms with Gasteiger partial charge in [-0.05, 0) is 55.7 Å². The third-order valence-electron chi connectivity index (χ3n) is 4.30. The molecule has 0 atom stereocenters. The lowest BCUT2D eigenvalue weighted by atomic mass is 10.0. The highest BCUT2D eigenvalue weighted by Gasteiger charge is 2.16. The van der Waals surface area contributed by atoms with E-state index in [1.165, 1.54) is 18.2 Å². The number of esters is 2.